The van der Waals surface area contributed by atoms with Crippen LogP contribution in [0, 0.1) is 0 Å². The highest BCUT2D eigenvalue weighted by atomic mass is 35.5. The Bertz CT molecular complexity index is 647. The number of ether oxygens (including phenoxy) is 1. The van der Waals surface area contributed by atoms with Gasteiger partial charge in [0.1, 0.15) is 12.4 Å². The van der Waals surface area contributed by atoms with Crippen molar-refractivity contribution in [1.29, 1.82) is 0 Å². The van der Waals surface area contributed by atoms with Crippen LogP contribution in [0.15, 0.2) is 29.3 Å². The van der Waals surface area contributed by atoms with Gasteiger partial charge in [0.25, 0.3) is 0 Å². The van der Waals surface area contributed by atoms with E-state index in [0.29, 0.717) is 12.6 Å². The van der Waals surface area contributed by atoms with Gasteiger partial charge in [0, 0.05) is 77.0 Å². The molecule has 0 aromatic heterocycles. The first-order valence-corrected chi connectivity index (χ1v) is 10.9. The number of nitrogens with one attached hydrogen (secondary N) is 1. The lowest BCUT2D eigenvalue weighted by Crippen LogP contribution is -2.57. The maximum Gasteiger partial charge on any atom is 0.193 e. The Kier molecular flexibility index (Phi) is 8.41. The predicted octanol–water partition coefficient (Wildman–Crippen LogP) is 1.16. The van der Waals surface area contributed by atoms with Crippen molar-refractivity contribution in [3.63, 3.8) is 0 Å². The highest BCUT2D eigenvalue weighted by molar-refractivity contribution is 6.30. The average molecular weight is 423 g/mol. The molecule has 0 bridgehead atoms. The monoisotopic (exact) mass is 422 g/mol. The summed E-state index contributed by atoms with van der Waals surface area (Å²) >= 11 is 5.91. The SMILES string of the molecule is CN=C(NCC1CN(C)CCN1C)N1CCN(CCOc2ccc(Cl)cc2)CC1. The molecule has 3 rings (SSSR count). The van der Waals surface area contributed by atoms with E-state index >= 15 is 0 Å². The summed E-state index contributed by atoms with van der Waals surface area (Å²) in [6, 6.07) is 8.07. The molecule has 0 radical (unpaired) electrons. The first kappa shape index (κ1) is 22.2. The second-order valence-electron chi connectivity index (χ2n) is 7.96. The van der Waals surface area contributed by atoms with Gasteiger partial charge in [-0.3, -0.25) is 14.8 Å². The molecule has 2 fully saturated rings. The number of hydrogen-bond donors (Lipinski definition) is 1. The molecule has 1 atom stereocenters. The minimum Gasteiger partial charge on any atom is -0.492 e. The third-order valence-corrected chi connectivity index (χ3v) is 6.10. The van der Waals surface area contributed by atoms with Gasteiger partial charge in [0.05, 0.1) is 0 Å². The molecule has 7 nitrogen and oxygen atoms in total. The van der Waals surface area contributed by atoms with Crippen molar-refractivity contribution in [1.82, 2.24) is 24.9 Å². The molecule has 0 saturated carbocycles. The van der Waals surface area contributed by atoms with Crippen LogP contribution in [0.25, 0.3) is 0 Å². The van der Waals surface area contributed by atoms with Crippen molar-refractivity contribution in [2.75, 3.05) is 86.7 Å². The maximum absolute atomic E-state index is 5.91. The molecule has 29 heavy (non-hydrogen) atoms. The Balaban J connectivity index is 1.36. The Morgan fingerprint density at radius 1 is 1.10 bits per heavy atom. The van der Waals surface area contributed by atoms with Gasteiger partial charge in [-0.25, -0.2) is 0 Å². The van der Waals surface area contributed by atoms with E-state index in [1.807, 2.05) is 31.3 Å². The summed E-state index contributed by atoms with van der Waals surface area (Å²) in [7, 11) is 6.29. The van der Waals surface area contributed by atoms with Crippen LogP contribution in [0.5, 0.6) is 5.75 Å². The van der Waals surface area contributed by atoms with E-state index in [2.05, 4.69) is 44.0 Å². The minimum absolute atomic E-state index is 0.525. The van der Waals surface area contributed by atoms with Gasteiger partial charge in [-0.05, 0) is 38.4 Å². The van der Waals surface area contributed by atoms with Crippen LogP contribution in [0.3, 0.4) is 0 Å². The summed E-state index contributed by atoms with van der Waals surface area (Å²) in [6.45, 7) is 9.95. The van der Waals surface area contributed by atoms with Gasteiger partial charge in [-0.1, -0.05) is 11.6 Å². The summed E-state index contributed by atoms with van der Waals surface area (Å²) < 4.78 is 5.83. The van der Waals surface area contributed by atoms with Gasteiger partial charge in [0.15, 0.2) is 5.96 Å². The van der Waals surface area contributed by atoms with Crippen LogP contribution in [0.1, 0.15) is 0 Å². The molecule has 0 aliphatic carbocycles. The second-order valence-corrected chi connectivity index (χ2v) is 8.39. The van der Waals surface area contributed by atoms with Crippen LogP contribution in [-0.2, 0) is 0 Å². The van der Waals surface area contributed by atoms with Crippen LogP contribution < -0.4 is 10.1 Å². The predicted molar refractivity (Wildman–Crippen MR) is 120 cm³/mol. The van der Waals surface area contributed by atoms with Crippen LogP contribution in [-0.4, -0.2) is 118 Å². The zero-order chi connectivity index (χ0) is 20.6. The lowest BCUT2D eigenvalue weighted by atomic mass is 10.2. The summed E-state index contributed by atoms with van der Waals surface area (Å²) in [4.78, 5) is 14.2. The molecular formula is C21H35ClN6O. The van der Waals surface area contributed by atoms with Gasteiger partial charge >= 0.3 is 0 Å². The van der Waals surface area contributed by atoms with Gasteiger partial charge in [-0.2, -0.15) is 0 Å². The number of hydrogen-bond acceptors (Lipinski definition) is 5. The zero-order valence-electron chi connectivity index (χ0n) is 18.0. The van der Waals surface area contributed by atoms with Gasteiger partial charge in [0.2, 0.25) is 0 Å². The fourth-order valence-electron chi connectivity index (χ4n) is 3.87. The van der Waals surface area contributed by atoms with E-state index < -0.39 is 0 Å². The van der Waals surface area contributed by atoms with E-state index in [9.17, 15) is 0 Å². The lowest BCUT2D eigenvalue weighted by Gasteiger charge is -2.40. The van der Waals surface area contributed by atoms with Crippen LogP contribution in [0.4, 0.5) is 0 Å². The van der Waals surface area contributed by atoms with Gasteiger partial charge < -0.3 is 19.9 Å². The van der Waals surface area contributed by atoms with Crippen LogP contribution in [0.2, 0.25) is 5.02 Å². The fraction of sp³-hybridized carbons (Fsp3) is 0.667. The van der Waals surface area contributed by atoms with Crippen molar-refractivity contribution in [3.05, 3.63) is 29.3 Å². The number of rotatable bonds is 6. The molecule has 1 aromatic carbocycles. The van der Waals surface area contributed by atoms with E-state index in [-0.39, 0.29) is 0 Å². The molecule has 0 spiro atoms. The smallest absolute Gasteiger partial charge is 0.193 e. The van der Waals surface area contributed by atoms with E-state index in [1.54, 1.807) is 0 Å². The summed E-state index contributed by atoms with van der Waals surface area (Å²) in [5.41, 5.74) is 0. The van der Waals surface area contributed by atoms with Crippen molar-refractivity contribution in [3.8, 4) is 5.75 Å². The van der Waals surface area contributed by atoms with Crippen molar-refractivity contribution in [2.45, 2.75) is 6.04 Å². The molecule has 0 amide bonds. The van der Waals surface area contributed by atoms with Crippen molar-refractivity contribution >= 4 is 17.6 Å². The molecule has 2 aliphatic heterocycles. The summed E-state index contributed by atoms with van der Waals surface area (Å²) in [5.74, 6) is 1.89. The van der Waals surface area contributed by atoms with E-state index in [1.165, 1.54) is 0 Å². The van der Waals surface area contributed by atoms with Crippen molar-refractivity contribution < 1.29 is 4.74 Å². The Labute approximate surface area is 180 Å². The average Bonchev–Trinajstić information content (AvgIpc) is 2.73. The highest BCUT2D eigenvalue weighted by Crippen LogP contribution is 2.15. The Morgan fingerprint density at radius 2 is 1.83 bits per heavy atom. The van der Waals surface area contributed by atoms with Crippen molar-refractivity contribution in [2.24, 2.45) is 4.99 Å². The number of nitrogens with zero attached hydrogens (tertiary/aromatic N) is 5. The molecule has 162 valence electrons. The quantitative estimate of drug-likeness (QED) is 0.548. The van der Waals surface area contributed by atoms with Crippen LogP contribution >= 0.6 is 11.6 Å². The molecule has 2 saturated heterocycles. The van der Waals surface area contributed by atoms with E-state index in [4.69, 9.17) is 16.3 Å². The summed E-state index contributed by atoms with van der Waals surface area (Å²) in [5, 5.41) is 4.33. The first-order valence-electron chi connectivity index (χ1n) is 10.5. The summed E-state index contributed by atoms with van der Waals surface area (Å²) in [6.07, 6.45) is 0. The zero-order valence-corrected chi connectivity index (χ0v) is 18.7. The topological polar surface area (TPSA) is 46.6 Å². The first-order chi connectivity index (χ1) is 14.0. The number of likely N-dealkylation sites (N-methyl/N-ethyl adjacent to an activating group) is 2. The Morgan fingerprint density at radius 3 is 2.52 bits per heavy atom. The molecule has 2 aliphatic rings. The van der Waals surface area contributed by atoms with Gasteiger partial charge in [-0.15, -0.1) is 0 Å². The number of halogens is 1. The number of piperazine rings is 2. The third-order valence-electron chi connectivity index (χ3n) is 5.85. The largest absolute Gasteiger partial charge is 0.492 e. The molecule has 1 unspecified atom stereocenters. The third kappa shape index (κ3) is 6.74. The van der Waals surface area contributed by atoms with E-state index in [0.717, 1.165) is 75.6 Å². The molecular weight excluding hydrogens is 388 g/mol. The maximum atomic E-state index is 5.91. The Hall–Kier alpha value is -1.54. The minimum atomic E-state index is 0.525. The highest BCUT2D eigenvalue weighted by Gasteiger charge is 2.24. The number of aliphatic imine (C=N–C) groups is 1. The molecule has 8 heteroatoms. The molecule has 2 heterocycles. The fourth-order valence-corrected chi connectivity index (χ4v) is 4.00. The lowest BCUT2D eigenvalue weighted by molar-refractivity contribution is 0.115. The second kappa shape index (κ2) is 11.0. The number of guanidine groups is 1. The normalized spacial score (nSPS) is 22.7. The molecule has 1 aromatic rings. The molecule has 1 N–H and O–H groups in total. The number of benzene rings is 1. The standard InChI is InChI=1S/C21H35ClN6O/c1-23-21(24-16-19-17-25(2)8-9-26(19)3)28-12-10-27(11-13-28)14-15-29-20-6-4-18(22)5-7-20/h4-7,19H,8-17H2,1-3H3,(H,23,24).